The zero-order chi connectivity index (χ0) is 14.7. The first-order valence-electron chi connectivity index (χ1n) is 6.74. The first kappa shape index (κ1) is 14.6. The van der Waals surface area contributed by atoms with Crippen molar-refractivity contribution in [1.29, 1.82) is 0 Å². The first-order valence-corrected chi connectivity index (χ1v) is 6.74. The number of nitrogens with two attached hydrogens (primary N) is 1. The summed E-state index contributed by atoms with van der Waals surface area (Å²) in [6.07, 6.45) is 2.02. The molecule has 0 fully saturated rings. The summed E-state index contributed by atoms with van der Waals surface area (Å²) in [6, 6.07) is 7.90. The van der Waals surface area contributed by atoms with Crippen molar-refractivity contribution >= 4 is 0 Å². The molecule has 108 valence electrons. The van der Waals surface area contributed by atoms with Crippen LogP contribution in [0.25, 0.3) is 0 Å². The van der Waals surface area contributed by atoms with Gasteiger partial charge in [0.15, 0.2) is 0 Å². The molecule has 1 aromatic carbocycles. The number of hydrogen-bond donors (Lipinski definition) is 2. The Morgan fingerprint density at radius 2 is 1.90 bits per heavy atom. The van der Waals surface area contributed by atoms with E-state index >= 15 is 0 Å². The second kappa shape index (κ2) is 6.07. The molecule has 0 saturated heterocycles. The minimum atomic E-state index is -0.0724. The highest BCUT2D eigenvalue weighted by Crippen LogP contribution is 2.25. The number of nitrogens with zero attached hydrogens (tertiary/aromatic N) is 2. The van der Waals surface area contributed by atoms with E-state index in [4.69, 9.17) is 10.6 Å². The van der Waals surface area contributed by atoms with Crippen LogP contribution in [0.15, 0.2) is 30.5 Å². The van der Waals surface area contributed by atoms with Gasteiger partial charge in [-0.25, -0.2) is 5.43 Å². The topological polar surface area (TPSA) is 65.1 Å². The molecule has 1 heterocycles. The highest BCUT2D eigenvalue weighted by Gasteiger charge is 2.17. The van der Waals surface area contributed by atoms with E-state index < -0.39 is 0 Å². The van der Waals surface area contributed by atoms with Crippen LogP contribution in [0.4, 0.5) is 0 Å². The fourth-order valence-corrected chi connectivity index (χ4v) is 2.18. The van der Waals surface area contributed by atoms with E-state index in [1.165, 1.54) is 0 Å². The quantitative estimate of drug-likeness (QED) is 0.647. The summed E-state index contributed by atoms with van der Waals surface area (Å²) >= 11 is 0. The Labute approximate surface area is 119 Å². The molecule has 1 aromatic heterocycles. The first-order chi connectivity index (χ1) is 9.52. The minimum absolute atomic E-state index is 0.0724. The van der Waals surface area contributed by atoms with Crippen LogP contribution >= 0.6 is 0 Å². The molecule has 0 spiro atoms. The van der Waals surface area contributed by atoms with Gasteiger partial charge in [0, 0.05) is 18.3 Å². The molecule has 0 aliphatic heterocycles. The van der Waals surface area contributed by atoms with Gasteiger partial charge in [-0.15, -0.1) is 0 Å². The lowest BCUT2D eigenvalue weighted by atomic mass is 10.00. The Bertz CT molecular complexity index is 560. The summed E-state index contributed by atoms with van der Waals surface area (Å²) in [5, 5.41) is 4.26. The Kier molecular flexibility index (Phi) is 4.42. The second-order valence-electron chi connectivity index (χ2n) is 5.14. The number of nitrogens with one attached hydrogen (secondary N) is 1. The molecule has 0 aliphatic carbocycles. The standard InChI is InChI=1S/C15H22N4O/c1-10(2)20-13-7-5-12(6-8-13)15(18-16)14-9-17-19(4)11(14)3/h5-10,15,18H,16H2,1-4H3. The largest absolute Gasteiger partial charge is 0.491 e. The summed E-state index contributed by atoms with van der Waals surface area (Å²) in [7, 11) is 1.92. The van der Waals surface area contributed by atoms with Gasteiger partial charge in [0.1, 0.15) is 5.75 Å². The summed E-state index contributed by atoms with van der Waals surface area (Å²) in [5.74, 6) is 6.58. The molecular weight excluding hydrogens is 252 g/mol. The number of aryl methyl sites for hydroxylation is 1. The Hall–Kier alpha value is -1.85. The van der Waals surface area contributed by atoms with E-state index in [0.29, 0.717) is 0 Å². The molecule has 5 nitrogen and oxygen atoms in total. The normalized spacial score (nSPS) is 12.7. The average Bonchev–Trinajstić information content (AvgIpc) is 2.73. The van der Waals surface area contributed by atoms with Gasteiger partial charge in [-0.05, 0) is 38.5 Å². The molecule has 2 aromatic rings. The number of hydrogen-bond acceptors (Lipinski definition) is 4. The molecular formula is C15H22N4O. The fourth-order valence-electron chi connectivity index (χ4n) is 2.18. The van der Waals surface area contributed by atoms with Crippen molar-refractivity contribution in [2.45, 2.75) is 32.9 Å². The average molecular weight is 274 g/mol. The number of rotatable bonds is 5. The number of benzene rings is 1. The summed E-state index contributed by atoms with van der Waals surface area (Å²) in [6.45, 7) is 6.05. The molecule has 0 aliphatic rings. The van der Waals surface area contributed by atoms with Crippen LogP contribution in [0.5, 0.6) is 5.75 Å². The van der Waals surface area contributed by atoms with E-state index in [2.05, 4.69) is 10.5 Å². The third-order valence-electron chi connectivity index (χ3n) is 3.34. The maximum atomic E-state index is 5.72. The van der Waals surface area contributed by atoms with Gasteiger partial charge in [0.25, 0.3) is 0 Å². The predicted octanol–water partition coefficient (Wildman–Crippen LogP) is 2.07. The van der Waals surface area contributed by atoms with Crippen molar-refractivity contribution in [3.63, 3.8) is 0 Å². The third-order valence-corrected chi connectivity index (χ3v) is 3.34. The lowest BCUT2D eigenvalue weighted by molar-refractivity contribution is 0.242. The van der Waals surface area contributed by atoms with Gasteiger partial charge in [0.2, 0.25) is 0 Å². The van der Waals surface area contributed by atoms with Crippen LogP contribution in [-0.2, 0) is 7.05 Å². The highest BCUT2D eigenvalue weighted by atomic mass is 16.5. The molecule has 1 unspecified atom stereocenters. The minimum Gasteiger partial charge on any atom is -0.491 e. The van der Waals surface area contributed by atoms with Crippen LogP contribution in [0, 0.1) is 6.92 Å². The van der Waals surface area contributed by atoms with Crippen LogP contribution in [0.2, 0.25) is 0 Å². The summed E-state index contributed by atoms with van der Waals surface area (Å²) < 4.78 is 7.49. The van der Waals surface area contributed by atoms with Crippen molar-refractivity contribution < 1.29 is 4.74 Å². The molecule has 3 N–H and O–H groups in total. The van der Waals surface area contributed by atoms with Crippen LogP contribution in [0.3, 0.4) is 0 Å². The zero-order valence-electron chi connectivity index (χ0n) is 12.4. The van der Waals surface area contributed by atoms with E-state index in [9.17, 15) is 0 Å². The van der Waals surface area contributed by atoms with Crippen LogP contribution in [-0.4, -0.2) is 15.9 Å². The van der Waals surface area contributed by atoms with Crippen LogP contribution in [0.1, 0.15) is 36.7 Å². The fraction of sp³-hybridized carbons (Fsp3) is 0.400. The molecule has 0 amide bonds. The number of aromatic nitrogens is 2. The summed E-state index contributed by atoms with van der Waals surface area (Å²) in [5.41, 5.74) is 6.11. The van der Waals surface area contributed by atoms with Gasteiger partial charge in [-0.3, -0.25) is 10.5 Å². The Morgan fingerprint density at radius 3 is 2.35 bits per heavy atom. The number of ether oxygens (including phenoxy) is 1. The maximum Gasteiger partial charge on any atom is 0.119 e. The molecule has 20 heavy (non-hydrogen) atoms. The van der Waals surface area contributed by atoms with E-state index in [0.717, 1.165) is 22.6 Å². The van der Waals surface area contributed by atoms with Crippen LogP contribution < -0.4 is 16.0 Å². The lowest BCUT2D eigenvalue weighted by Gasteiger charge is -2.17. The lowest BCUT2D eigenvalue weighted by Crippen LogP contribution is -2.29. The SMILES string of the molecule is Cc1c(C(NN)c2ccc(OC(C)C)cc2)cnn1C. The van der Waals surface area contributed by atoms with E-state index in [1.807, 2.05) is 63.0 Å². The molecule has 0 bridgehead atoms. The van der Waals surface area contributed by atoms with Crippen molar-refractivity contribution in [2.24, 2.45) is 12.9 Å². The molecule has 2 rings (SSSR count). The van der Waals surface area contributed by atoms with Gasteiger partial charge < -0.3 is 4.74 Å². The molecule has 5 heteroatoms. The van der Waals surface area contributed by atoms with E-state index in [1.54, 1.807) is 0 Å². The van der Waals surface area contributed by atoms with Gasteiger partial charge in [-0.1, -0.05) is 12.1 Å². The monoisotopic (exact) mass is 274 g/mol. The number of hydrazine groups is 1. The van der Waals surface area contributed by atoms with Crippen molar-refractivity contribution in [1.82, 2.24) is 15.2 Å². The van der Waals surface area contributed by atoms with Crippen molar-refractivity contribution in [3.05, 3.63) is 47.3 Å². The van der Waals surface area contributed by atoms with Gasteiger partial charge >= 0.3 is 0 Å². The zero-order valence-corrected chi connectivity index (χ0v) is 12.4. The maximum absolute atomic E-state index is 5.72. The Morgan fingerprint density at radius 1 is 1.25 bits per heavy atom. The van der Waals surface area contributed by atoms with E-state index in [-0.39, 0.29) is 12.1 Å². The smallest absolute Gasteiger partial charge is 0.119 e. The Balaban J connectivity index is 2.26. The molecule has 1 atom stereocenters. The van der Waals surface area contributed by atoms with Gasteiger partial charge in [-0.2, -0.15) is 5.10 Å². The van der Waals surface area contributed by atoms with Crippen molar-refractivity contribution in [2.75, 3.05) is 0 Å². The molecule has 0 saturated carbocycles. The van der Waals surface area contributed by atoms with Gasteiger partial charge in [0.05, 0.1) is 18.3 Å². The van der Waals surface area contributed by atoms with Crippen molar-refractivity contribution in [3.8, 4) is 5.75 Å². The second-order valence-corrected chi connectivity index (χ2v) is 5.14. The highest BCUT2D eigenvalue weighted by molar-refractivity contribution is 5.36. The summed E-state index contributed by atoms with van der Waals surface area (Å²) in [4.78, 5) is 0. The predicted molar refractivity (Wildman–Crippen MR) is 79.3 cm³/mol. The third kappa shape index (κ3) is 3.00. The molecule has 0 radical (unpaired) electrons.